The second-order valence-electron chi connectivity index (χ2n) is 13.7. The van der Waals surface area contributed by atoms with Crippen molar-refractivity contribution in [3.05, 3.63) is 71.4 Å². The zero-order valence-corrected chi connectivity index (χ0v) is 30.4. The van der Waals surface area contributed by atoms with E-state index in [4.69, 9.17) is 17.7 Å². The predicted octanol–water partition coefficient (Wildman–Crippen LogP) is 13.6. The monoisotopic (exact) mass is 661 g/mol. The lowest BCUT2D eigenvalue weighted by Crippen LogP contribution is -1.90. The van der Waals surface area contributed by atoms with Crippen molar-refractivity contribution in [3.8, 4) is 0 Å². The van der Waals surface area contributed by atoms with Crippen LogP contribution in [0, 0.1) is 0 Å². The Bertz CT molecular complexity index is 1010. The van der Waals surface area contributed by atoms with E-state index in [2.05, 4.69) is 131 Å². The number of oxazole rings is 4. The fourth-order valence-corrected chi connectivity index (χ4v) is 3.33. The highest BCUT2D eigenvalue weighted by Crippen LogP contribution is 2.21. The Balaban J connectivity index is -0.000000538. The topological polar surface area (TPSA) is 104 Å². The largest absolute Gasteiger partial charge is 0.448 e. The van der Waals surface area contributed by atoms with Crippen LogP contribution in [-0.2, 0) is 0 Å². The first kappa shape index (κ1) is 48.2. The molecule has 0 amide bonds. The van der Waals surface area contributed by atoms with Crippen molar-refractivity contribution in [1.29, 1.82) is 0 Å². The van der Waals surface area contributed by atoms with Crippen LogP contribution >= 0.6 is 0 Å². The Kier molecular flexibility index (Phi) is 23.8. The van der Waals surface area contributed by atoms with Crippen molar-refractivity contribution >= 4 is 0 Å². The smallest absolute Gasteiger partial charge is 0.196 e. The van der Waals surface area contributed by atoms with Crippen molar-refractivity contribution in [2.24, 2.45) is 0 Å². The Morgan fingerprint density at radius 1 is 0.383 bits per heavy atom. The van der Waals surface area contributed by atoms with Crippen LogP contribution in [0.4, 0.5) is 0 Å². The minimum Gasteiger partial charge on any atom is -0.448 e. The molecule has 0 aliphatic heterocycles. The first-order valence-electron chi connectivity index (χ1n) is 16.3. The van der Waals surface area contributed by atoms with Crippen LogP contribution in [0.25, 0.3) is 0 Å². The second kappa shape index (κ2) is 23.2. The Morgan fingerprint density at radius 3 is 0.787 bits per heavy atom. The van der Waals surface area contributed by atoms with E-state index in [0.29, 0.717) is 47.3 Å². The van der Waals surface area contributed by atoms with E-state index >= 15 is 0 Å². The molecule has 0 saturated heterocycles. The van der Waals surface area contributed by atoms with Gasteiger partial charge >= 0.3 is 0 Å². The minimum absolute atomic E-state index is 0. The number of nitrogens with zero attached hydrogens (tertiary/aromatic N) is 4. The number of aromatic nitrogens is 4. The zero-order valence-electron chi connectivity index (χ0n) is 30.4. The molecule has 8 nitrogen and oxygen atoms in total. The molecule has 0 saturated carbocycles. The van der Waals surface area contributed by atoms with Gasteiger partial charge in [0.05, 0.1) is 23.8 Å². The van der Waals surface area contributed by atoms with E-state index in [1.165, 1.54) is 0 Å². The van der Waals surface area contributed by atoms with Gasteiger partial charge in [-0.1, -0.05) is 133 Å². The molecule has 0 atom stereocenters. The first-order chi connectivity index (χ1) is 20.4. The van der Waals surface area contributed by atoms with Gasteiger partial charge in [0.15, 0.2) is 23.6 Å². The molecule has 47 heavy (non-hydrogen) atoms. The molecule has 4 heterocycles. The van der Waals surface area contributed by atoms with Crippen LogP contribution in [0.1, 0.15) is 227 Å². The standard InChI is InChI=1S/4C9H15NO.3CH4/c2*1-6(2)8-5-11-9(10-8)7(3)4;2*1-6(2)8-5-10-9(11-8)7(3)4;;;/h4*5-7H,1-4H3;3*1H4. The highest BCUT2D eigenvalue weighted by atomic mass is 16.4. The molecule has 272 valence electrons. The molecular formula is C39H72N4O4. The summed E-state index contributed by atoms with van der Waals surface area (Å²) in [5.74, 6) is 8.70. The third-order valence-corrected chi connectivity index (χ3v) is 6.46. The van der Waals surface area contributed by atoms with Gasteiger partial charge in [-0.2, -0.15) is 0 Å². The summed E-state index contributed by atoms with van der Waals surface area (Å²) in [7, 11) is 0. The van der Waals surface area contributed by atoms with Crippen LogP contribution in [-0.4, -0.2) is 19.9 Å². The highest BCUT2D eigenvalue weighted by molar-refractivity contribution is 5.04. The van der Waals surface area contributed by atoms with Crippen LogP contribution in [0.15, 0.2) is 42.6 Å². The number of hydrogen-bond donors (Lipinski definition) is 0. The van der Waals surface area contributed by atoms with E-state index in [1.54, 1.807) is 12.5 Å². The molecule has 8 heteroatoms. The average molecular weight is 661 g/mol. The van der Waals surface area contributed by atoms with Gasteiger partial charge in [0.2, 0.25) is 0 Å². The quantitative estimate of drug-likeness (QED) is 0.184. The fraction of sp³-hybridized carbons (Fsp3) is 0.692. The van der Waals surface area contributed by atoms with E-state index in [-0.39, 0.29) is 22.3 Å². The summed E-state index contributed by atoms with van der Waals surface area (Å²) in [6.07, 6.45) is 7.14. The third kappa shape index (κ3) is 17.0. The maximum absolute atomic E-state index is 5.50. The third-order valence-electron chi connectivity index (χ3n) is 6.46. The lowest BCUT2D eigenvalue weighted by Gasteiger charge is -1.98. The Hall–Kier alpha value is -3.16. The summed E-state index contributed by atoms with van der Waals surface area (Å²) < 4.78 is 21.5. The molecule has 0 unspecified atom stereocenters. The Morgan fingerprint density at radius 2 is 0.660 bits per heavy atom. The fourth-order valence-electron chi connectivity index (χ4n) is 3.33. The highest BCUT2D eigenvalue weighted by Gasteiger charge is 2.12. The van der Waals surface area contributed by atoms with E-state index in [1.807, 2.05) is 12.4 Å². The van der Waals surface area contributed by atoms with Crippen LogP contribution in [0.2, 0.25) is 0 Å². The van der Waals surface area contributed by atoms with Crippen molar-refractivity contribution in [2.75, 3.05) is 0 Å². The predicted molar refractivity (Wildman–Crippen MR) is 199 cm³/mol. The summed E-state index contributed by atoms with van der Waals surface area (Å²) in [6.45, 7) is 33.5. The van der Waals surface area contributed by atoms with Crippen molar-refractivity contribution in [1.82, 2.24) is 19.9 Å². The first-order valence-corrected chi connectivity index (χ1v) is 16.3. The molecular weight excluding hydrogens is 588 g/mol. The van der Waals surface area contributed by atoms with Gasteiger partial charge in [-0.3, -0.25) is 0 Å². The van der Waals surface area contributed by atoms with Crippen LogP contribution in [0.5, 0.6) is 0 Å². The van der Waals surface area contributed by atoms with Crippen LogP contribution in [0.3, 0.4) is 0 Å². The maximum atomic E-state index is 5.50. The summed E-state index contributed by atoms with van der Waals surface area (Å²) in [5.41, 5.74) is 2.10. The van der Waals surface area contributed by atoms with Gasteiger partial charge in [0, 0.05) is 35.5 Å². The number of hydrogen-bond acceptors (Lipinski definition) is 8. The van der Waals surface area contributed by atoms with E-state index in [9.17, 15) is 0 Å². The molecule has 4 aromatic rings. The zero-order chi connectivity index (χ0) is 33.7. The molecule has 4 rings (SSSR count). The number of rotatable bonds is 8. The van der Waals surface area contributed by atoms with Gasteiger partial charge in [-0.25, -0.2) is 19.9 Å². The lowest BCUT2D eigenvalue weighted by atomic mass is 10.1. The molecule has 0 aliphatic rings. The van der Waals surface area contributed by atoms with Crippen molar-refractivity contribution < 1.29 is 17.7 Å². The second-order valence-corrected chi connectivity index (χ2v) is 13.7. The molecule has 4 aromatic heterocycles. The SMILES string of the molecule is C.C.C.CC(C)c1cnc(C(C)C)o1.CC(C)c1cnc(C(C)C)o1.CC(C)c1coc(C(C)C)n1.CC(C)c1coc(C(C)C)n1. The van der Waals surface area contributed by atoms with Gasteiger partial charge in [0.1, 0.15) is 24.0 Å². The molecule has 0 fully saturated rings. The summed E-state index contributed by atoms with van der Waals surface area (Å²) in [4.78, 5) is 17.0. The van der Waals surface area contributed by atoms with Gasteiger partial charge in [0.25, 0.3) is 0 Å². The normalized spacial score (nSPS) is 10.7. The van der Waals surface area contributed by atoms with Gasteiger partial charge < -0.3 is 17.7 Å². The minimum atomic E-state index is 0. The van der Waals surface area contributed by atoms with E-state index in [0.717, 1.165) is 46.5 Å². The lowest BCUT2D eigenvalue weighted by molar-refractivity contribution is 0.422. The molecule has 0 bridgehead atoms. The van der Waals surface area contributed by atoms with Crippen molar-refractivity contribution in [3.63, 3.8) is 0 Å². The summed E-state index contributed by atoms with van der Waals surface area (Å²) in [5, 5.41) is 0. The molecule has 0 radical (unpaired) electrons. The van der Waals surface area contributed by atoms with Crippen LogP contribution < -0.4 is 0 Å². The average Bonchev–Trinajstić information content (AvgIpc) is 3.76. The van der Waals surface area contributed by atoms with Gasteiger partial charge in [-0.15, -0.1) is 0 Å². The van der Waals surface area contributed by atoms with Crippen molar-refractivity contribution in [2.45, 2.75) is 180 Å². The summed E-state index contributed by atoms with van der Waals surface area (Å²) >= 11 is 0. The van der Waals surface area contributed by atoms with E-state index < -0.39 is 0 Å². The molecule has 0 spiro atoms. The Labute approximate surface area is 289 Å². The summed E-state index contributed by atoms with van der Waals surface area (Å²) in [6, 6.07) is 0. The molecule has 0 aromatic carbocycles. The maximum Gasteiger partial charge on any atom is 0.196 e. The van der Waals surface area contributed by atoms with Gasteiger partial charge in [-0.05, 0) is 11.8 Å². The molecule has 0 N–H and O–H groups in total. The molecule has 0 aliphatic carbocycles.